The lowest BCUT2D eigenvalue weighted by molar-refractivity contribution is -0.139. The number of hydrogen-bond donors (Lipinski definition) is 17. The number of amides is 10. The van der Waals surface area contributed by atoms with Crippen molar-refractivity contribution in [3.63, 3.8) is 0 Å². The van der Waals surface area contributed by atoms with E-state index in [9.17, 15) is 61.1 Å². The fourth-order valence-electron chi connectivity index (χ4n) is 8.47. The molecule has 10 amide bonds. The first-order valence-corrected chi connectivity index (χ1v) is 25.1. The monoisotopic (exact) mass is 1110 g/mol. The zero-order chi connectivity index (χ0) is 58.4. The second kappa shape index (κ2) is 30.1. The Morgan fingerprint density at radius 2 is 1.28 bits per heavy atom. The van der Waals surface area contributed by atoms with Gasteiger partial charge >= 0.3 is 6.18 Å². The van der Waals surface area contributed by atoms with Crippen LogP contribution in [0.2, 0.25) is 0 Å². The van der Waals surface area contributed by atoms with Crippen molar-refractivity contribution in [1.82, 2.24) is 58.2 Å². The molecule has 1 aliphatic heterocycles. The molecule has 2 aromatic carbocycles. The van der Waals surface area contributed by atoms with Gasteiger partial charge in [-0.15, -0.1) is 0 Å². The normalized spacial score (nSPS) is 20.8. The Kier molecular flexibility index (Phi) is 23.8. The largest absolute Gasteiger partial charge is 0.416 e. The molecule has 4 rings (SSSR count). The number of primary amides is 2. The summed E-state index contributed by atoms with van der Waals surface area (Å²) < 4.78 is 43.4. The molecule has 27 nitrogen and oxygen atoms in total. The van der Waals surface area contributed by atoms with E-state index in [4.69, 9.17) is 33.8 Å². The highest BCUT2D eigenvalue weighted by Gasteiger charge is 2.38. The van der Waals surface area contributed by atoms with Crippen LogP contribution in [0.25, 0.3) is 10.9 Å². The molecule has 79 heavy (non-hydrogen) atoms. The molecule has 0 bridgehead atoms. The summed E-state index contributed by atoms with van der Waals surface area (Å²) in [7, 11) is 0. The molecular weight excluding hydrogens is 1040 g/mol. The van der Waals surface area contributed by atoms with Gasteiger partial charge in [0.1, 0.15) is 42.3 Å². The summed E-state index contributed by atoms with van der Waals surface area (Å²) in [6, 6.07) is -0.588. The van der Waals surface area contributed by atoms with Crippen molar-refractivity contribution >= 4 is 81.9 Å². The van der Waals surface area contributed by atoms with Crippen LogP contribution >= 0.6 is 0 Å². The molecule has 1 aliphatic rings. The van der Waals surface area contributed by atoms with Gasteiger partial charge in [0.05, 0.1) is 12.0 Å². The molecule has 1 aromatic heterocycles. The van der Waals surface area contributed by atoms with Crippen molar-refractivity contribution < 1.29 is 61.1 Å². The Bertz CT molecular complexity index is 2720. The highest BCUT2D eigenvalue weighted by Crippen LogP contribution is 2.32. The zero-order valence-electron chi connectivity index (χ0n) is 43.2. The Morgan fingerprint density at radius 3 is 1.91 bits per heavy atom. The molecule has 1 fully saturated rings. The summed E-state index contributed by atoms with van der Waals surface area (Å²) in [6.45, 7) is 1.01. The van der Waals surface area contributed by atoms with Gasteiger partial charge in [-0.2, -0.15) is 13.2 Å². The van der Waals surface area contributed by atoms with Gasteiger partial charge in [-0.05, 0) is 68.2 Å². The molecular formula is C49H68F3N17O10. The van der Waals surface area contributed by atoms with Gasteiger partial charge in [-0.25, -0.2) is 0 Å². The fourth-order valence-corrected chi connectivity index (χ4v) is 8.47. The van der Waals surface area contributed by atoms with Crippen LogP contribution in [0, 0.1) is 10.8 Å². The number of carbonyl (C=O) groups is 10. The molecule has 21 N–H and O–H groups in total. The minimum Gasteiger partial charge on any atom is -0.370 e. The van der Waals surface area contributed by atoms with Crippen LogP contribution in [0.3, 0.4) is 0 Å². The van der Waals surface area contributed by atoms with Gasteiger partial charge < -0.3 is 81.1 Å². The van der Waals surface area contributed by atoms with Gasteiger partial charge in [0.25, 0.3) is 0 Å². The third-order valence-corrected chi connectivity index (χ3v) is 12.4. The first-order chi connectivity index (χ1) is 37.3. The van der Waals surface area contributed by atoms with Gasteiger partial charge in [-0.1, -0.05) is 36.4 Å². The molecule has 30 heteroatoms. The van der Waals surface area contributed by atoms with Crippen LogP contribution in [0.5, 0.6) is 0 Å². The van der Waals surface area contributed by atoms with Crippen LogP contribution < -0.4 is 76.1 Å². The lowest BCUT2D eigenvalue weighted by Crippen LogP contribution is -2.61. The predicted molar refractivity (Wildman–Crippen MR) is 279 cm³/mol. The Morgan fingerprint density at radius 1 is 0.709 bits per heavy atom. The van der Waals surface area contributed by atoms with Crippen LogP contribution in [0.1, 0.15) is 81.4 Å². The Labute approximate surface area is 450 Å². The second-order valence-electron chi connectivity index (χ2n) is 18.6. The summed E-state index contributed by atoms with van der Waals surface area (Å²) in [5.41, 5.74) is 21.5. The van der Waals surface area contributed by atoms with E-state index in [0.717, 1.165) is 25.1 Å². The Hall–Kier alpha value is -8.99. The van der Waals surface area contributed by atoms with E-state index in [1.807, 2.05) is 0 Å². The number of halogens is 3. The van der Waals surface area contributed by atoms with Crippen molar-refractivity contribution in [1.29, 1.82) is 10.8 Å². The maximum atomic E-state index is 14.6. The topological polar surface area (TPSA) is 459 Å². The number of aromatic nitrogens is 1. The van der Waals surface area contributed by atoms with Crippen LogP contribution in [-0.4, -0.2) is 138 Å². The van der Waals surface area contributed by atoms with Crippen LogP contribution in [-0.2, 0) is 67.0 Å². The van der Waals surface area contributed by atoms with Crippen molar-refractivity contribution in [3.8, 4) is 0 Å². The van der Waals surface area contributed by atoms with E-state index in [0.29, 0.717) is 16.5 Å². The molecule has 430 valence electrons. The molecule has 3 aromatic rings. The van der Waals surface area contributed by atoms with Gasteiger partial charge in [0.2, 0.25) is 59.1 Å². The minimum absolute atomic E-state index is 0.0237. The van der Waals surface area contributed by atoms with E-state index in [-0.39, 0.29) is 77.0 Å². The molecule has 0 radical (unpaired) electrons. The smallest absolute Gasteiger partial charge is 0.370 e. The van der Waals surface area contributed by atoms with Crippen molar-refractivity contribution in [3.05, 3.63) is 71.4 Å². The van der Waals surface area contributed by atoms with Gasteiger partial charge in [0, 0.05) is 62.9 Å². The van der Waals surface area contributed by atoms with E-state index in [2.05, 4.69) is 58.2 Å². The summed E-state index contributed by atoms with van der Waals surface area (Å²) in [4.78, 5) is 140. The van der Waals surface area contributed by atoms with E-state index < -0.39 is 144 Å². The first-order valence-electron chi connectivity index (χ1n) is 25.1. The average molecular weight is 1110 g/mol. The summed E-state index contributed by atoms with van der Waals surface area (Å²) in [6.07, 6.45) is -6.86. The lowest BCUT2D eigenvalue weighted by Gasteiger charge is -2.28. The number of H-pyrrole nitrogens is 1. The van der Waals surface area contributed by atoms with Crippen LogP contribution in [0.4, 0.5) is 13.2 Å². The molecule has 1 saturated heterocycles. The molecule has 0 saturated carbocycles. The van der Waals surface area contributed by atoms with Crippen LogP contribution in [0.15, 0.2) is 54.7 Å². The third kappa shape index (κ3) is 20.8. The maximum Gasteiger partial charge on any atom is 0.416 e. The Balaban J connectivity index is 1.83. The quantitative estimate of drug-likeness (QED) is 0.0342. The summed E-state index contributed by atoms with van der Waals surface area (Å²) in [5, 5.41) is 40.4. The number of guanidine groups is 2. The number of para-hydroxylation sites is 1. The number of aromatic amines is 1. The number of hydrogen-bond acceptors (Lipinski definition) is 12. The number of fused-ring (bicyclic) bond motifs is 1. The van der Waals surface area contributed by atoms with Gasteiger partial charge in [-0.3, -0.25) is 58.8 Å². The number of alkyl halides is 3. The molecule has 7 atom stereocenters. The summed E-state index contributed by atoms with van der Waals surface area (Å²) >= 11 is 0. The third-order valence-electron chi connectivity index (χ3n) is 12.4. The average Bonchev–Trinajstić information content (AvgIpc) is 3.81. The number of rotatable bonds is 18. The zero-order valence-corrected chi connectivity index (χ0v) is 43.2. The molecule has 2 heterocycles. The van der Waals surface area contributed by atoms with E-state index >= 15 is 0 Å². The number of carbonyl (C=O) groups excluding carboxylic acids is 10. The number of benzene rings is 2. The fraction of sp³-hybridized carbons (Fsp3) is 0.469. The second-order valence-corrected chi connectivity index (χ2v) is 18.6. The van der Waals surface area contributed by atoms with Gasteiger partial charge in [0.15, 0.2) is 11.9 Å². The standard InChI is InChI=1S/C49H68F3N17O10/c1-25(70)63-32(13-7-19-60-47(55)56)41(74)65-33-14-6-18-59-39(72)17-16-31(40(54)73)64-44(77)36(22-27-24-62-30-12-5-3-10-28(27)30)67-42(75)34(15-8-20-61-48(57)58)66-45(78)35(21-26-9-2-4-11-29(26)49(50,51)52)68-46(79)37(23-38(53)71)69-43(33)76/h2-5,9-12,24,31-37,62H,6-8,13-23H2,1H3,(H2,53,71)(H2,54,73)(H,59,72)(H,63,70)(H,64,77)(H,65,74)(H,66,78)(H,67,75)(H,68,79)(H,69,76)(H4,55,56,60)(H4,57,58,61)/t31?,32-,33-,34-,35+,36?,37-/m0/s1. The molecule has 0 spiro atoms. The lowest BCUT2D eigenvalue weighted by atomic mass is 9.98. The van der Waals surface area contributed by atoms with E-state index in [1.54, 1.807) is 30.5 Å². The minimum atomic E-state index is -4.99. The SMILES string of the molecule is CC(=O)N[C@@H](CCCNC(=N)N)C(=O)N[C@H]1CCCNC(=O)CCC(C(N)=O)NC(=O)C(Cc2c[nH]c3ccccc23)NC(=O)[C@H](CCCNC(=N)N)NC(=O)[C@@H](Cc2ccccc2C(F)(F)F)NC(=O)[C@H](CC(N)=O)NC1=O. The van der Waals surface area contributed by atoms with Crippen molar-refractivity contribution in [2.75, 3.05) is 19.6 Å². The van der Waals surface area contributed by atoms with Crippen molar-refractivity contribution in [2.45, 2.75) is 126 Å². The number of nitrogens with one attached hydrogen (secondary N) is 13. The number of nitrogens with two attached hydrogens (primary N) is 4. The first kappa shape index (κ1) is 62.5. The molecule has 0 aliphatic carbocycles. The maximum absolute atomic E-state index is 14.6. The highest BCUT2D eigenvalue weighted by atomic mass is 19.4. The van der Waals surface area contributed by atoms with Crippen molar-refractivity contribution in [2.24, 2.45) is 22.9 Å². The highest BCUT2D eigenvalue weighted by molar-refractivity contribution is 5.99. The predicted octanol–water partition coefficient (Wildman–Crippen LogP) is -3.04. The summed E-state index contributed by atoms with van der Waals surface area (Å²) in [5.74, 6) is -11.0. The molecule has 2 unspecified atom stereocenters. The van der Waals surface area contributed by atoms with E-state index in [1.165, 1.54) is 6.07 Å².